The Bertz CT molecular complexity index is 1020. The lowest BCUT2D eigenvalue weighted by Crippen LogP contribution is -2.65. The molecule has 1 saturated heterocycles. The van der Waals surface area contributed by atoms with Crippen LogP contribution in [-0.4, -0.2) is 38.0 Å². The van der Waals surface area contributed by atoms with Crippen LogP contribution >= 0.6 is 0 Å². The van der Waals surface area contributed by atoms with Crippen LogP contribution in [0.4, 0.5) is 16.2 Å². The van der Waals surface area contributed by atoms with E-state index in [0.717, 1.165) is 0 Å². The molecule has 0 aromatic heterocycles. The molecule has 158 valence electrons. The zero-order valence-electron chi connectivity index (χ0n) is 16.9. The average molecular weight is 415 g/mol. The van der Waals surface area contributed by atoms with Gasteiger partial charge in [-0.25, -0.2) is 4.79 Å². The minimum atomic E-state index is -1.03. The second kappa shape index (κ2) is 6.97. The summed E-state index contributed by atoms with van der Waals surface area (Å²) in [5.41, 5.74) is -0.00376. The smallest absolute Gasteiger partial charge is 0.325 e. The summed E-state index contributed by atoms with van der Waals surface area (Å²) in [6.07, 6.45) is 0.392. The van der Waals surface area contributed by atoms with E-state index in [2.05, 4.69) is 5.32 Å². The Balaban J connectivity index is 1.80. The predicted molar refractivity (Wildman–Crippen MR) is 107 cm³/mol. The minimum Gasteiger partial charge on any atom is -0.493 e. The number of rotatable bonds is 5. The van der Waals surface area contributed by atoms with E-state index in [9.17, 15) is 14.9 Å². The third-order valence-corrected chi connectivity index (χ3v) is 5.37. The molecule has 10 nitrogen and oxygen atoms in total. The van der Waals surface area contributed by atoms with Crippen LogP contribution in [0.1, 0.15) is 24.9 Å². The summed E-state index contributed by atoms with van der Waals surface area (Å²) in [6.45, 7) is 1.80. The number of hydrogen-bond acceptors (Lipinski definition) is 7. The van der Waals surface area contributed by atoms with E-state index in [0.29, 0.717) is 40.7 Å². The first-order chi connectivity index (χ1) is 14.3. The van der Waals surface area contributed by atoms with Crippen LogP contribution in [0.15, 0.2) is 30.3 Å². The second-order valence-corrected chi connectivity index (χ2v) is 7.18. The highest BCUT2D eigenvalue weighted by Crippen LogP contribution is 2.49. The number of non-ortho nitro benzene ring substituents is 1. The number of anilines is 1. The number of nitrogens with zero attached hydrogens (tertiary/aromatic N) is 2. The maximum absolute atomic E-state index is 13.1. The summed E-state index contributed by atoms with van der Waals surface area (Å²) in [4.78, 5) is 25.2. The molecule has 2 aliphatic heterocycles. The fourth-order valence-electron chi connectivity index (χ4n) is 4.06. The van der Waals surface area contributed by atoms with E-state index in [1.165, 1.54) is 38.4 Å². The van der Waals surface area contributed by atoms with Gasteiger partial charge >= 0.3 is 6.03 Å². The molecule has 2 aromatic carbocycles. The van der Waals surface area contributed by atoms with Crippen LogP contribution in [0.3, 0.4) is 0 Å². The van der Waals surface area contributed by atoms with Crippen LogP contribution in [0, 0.1) is 10.1 Å². The van der Waals surface area contributed by atoms with Crippen molar-refractivity contribution < 1.29 is 28.7 Å². The number of ether oxygens (including phenoxy) is 4. The number of nitro benzene ring substituents is 1. The van der Waals surface area contributed by atoms with Crippen LogP contribution in [0.25, 0.3) is 0 Å². The first-order valence-electron chi connectivity index (χ1n) is 9.19. The Kier molecular flexibility index (Phi) is 4.56. The number of nitro groups is 1. The Hall–Kier alpha value is -3.69. The summed E-state index contributed by atoms with van der Waals surface area (Å²) in [6, 6.07) is 6.90. The van der Waals surface area contributed by atoms with Gasteiger partial charge in [-0.05, 0) is 13.0 Å². The quantitative estimate of drug-likeness (QED) is 0.588. The van der Waals surface area contributed by atoms with Gasteiger partial charge in [-0.15, -0.1) is 0 Å². The Morgan fingerprint density at radius 3 is 2.40 bits per heavy atom. The lowest BCUT2D eigenvalue weighted by Gasteiger charge is -2.50. The Morgan fingerprint density at radius 2 is 1.83 bits per heavy atom. The normalized spacial score (nSPS) is 21.8. The molecule has 0 saturated carbocycles. The highest BCUT2D eigenvalue weighted by atomic mass is 16.6. The molecule has 4 rings (SSSR count). The van der Waals surface area contributed by atoms with Gasteiger partial charge in [-0.2, -0.15) is 0 Å². The molecular formula is C20H21N3O7. The summed E-state index contributed by atoms with van der Waals surface area (Å²) in [5, 5.41) is 14.1. The molecule has 2 heterocycles. The van der Waals surface area contributed by atoms with Crippen molar-refractivity contribution in [1.82, 2.24) is 5.32 Å². The third kappa shape index (κ3) is 2.92. The number of carbonyl (C=O) groups excluding carboxylic acids is 1. The summed E-state index contributed by atoms with van der Waals surface area (Å²) in [7, 11) is 4.49. The third-order valence-electron chi connectivity index (χ3n) is 5.37. The first-order valence-corrected chi connectivity index (χ1v) is 9.19. The maximum Gasteiger partial charge on any atom is 0.325 e. The average Bonchev–Trinajstić information content (AvgIpc) is 2.71. The minimum absolute atomic E-state index is 0.0535. The van der Waals surface area contributed by atoms with Gasteiger partial charge in [0, 0.05) is 36.2 Å². The number of fused-ring (bicyclic) bond motifs is 4. The van der Waals surface area contributed by atoms with Crippen LogP contribution in [0.2, 0.25) is 0 Å². The van der Waals surface area contributed by atoms with E-state index >= 15 is 0 Å². The number of methoxy groups -OCH3 is 3. The van der Waals surface area contributed by atoms with Gasteiger partial charge in [0.25, 0.3) is 5.69 Å². The molecule has 2 amide bonds. The van der Waals surface area contributed by atoms with Gasteiger partial charge in [0.05, 0.1) is 38.0 Å². The molecule has 1 N–H and O–H groups in total. The van der Waals surface area contributed by atoms with Crippen molar-refractivity contribution in [2.75, 3.05) is 26.2 Å². The molecule has 0 aliphatic carbocycles. The van der Waals surface area contributed by atoms with Gasteiger partial charge in [0.15, 0.2) is 17.2 Å². The van der Waals surface area contributed by atoms with Crippen molar-refractivity contribution in [3.05, 3.63) is 46.0 Å². The van der Waals surface area contributed by atoms with E-state index in [1.54, 1.807) is 25.1 Å². The number of carbonyl (C=O) groups is 1. The lowest BCUT2D eigenvalue weighted by molar-refractivity contribution is -0.385. The maximum atomic E-state index is 13.1. The van der Waals surface area contributed by atoms with Crippen LogP contribution < -0.4 is 29.2 Å². The van der Waals surface area contributed by atoms with Crippen molar-refractivity contribution in [2.45, 2.75) is 25.1 Å². The first kappa shape index (κ1) is 19.6. The summed E-state index contributed by atoms with van der Waals surface area (Å²) >= 11 is 0. The lowest BCUT2D eigenvalue weighted by atomic mass is 9.90. The molecule has 2 aliphatic rings. The molecule has 0 radical (unpaired) electrons. The second-order valence-electron chi connectivity index (χ2n) is 7.18. The van der Waals surface area contributed by atoms with Gasteiger partial charge in [-0.3, -0.25) is 15.0 Å². The number of nitrogens with one attached hydrogen (secondary N) is 1. The molecule has 0 spiro atoms. The number of hydrogen-bond donors (Lipinski definition) is 1. The zero-order valence-corrected chi connectivity index (χ0v) is 16.9. The molecule has 10 heteroatoms. The van der Waals surface area contributed by atoms with Crippen molar-refractivity contribution in [3.8, 4) is 23.0 Å². The SMILES string of the molecule is COc1cc(N2C(=O)N[C@H]3C[C@@]2(C)Oc2ccc([N+](=O)[O-])cc23)cc(OC)c1OC. The van der Waals surface area contributed by atoms with Gasteiger partial charge in [-0.1, -0.05) is 0 Å². The van der Waals surface area contributed by atoms with Gasteiger partial charge < -0.3 is 24.3 Å². The van der Waals surface area contributed by atoms with E-state index in [4.69, 9.17) is 18.9 Å². The largest absolute Gasteiger partial charge is 0.493 e. The van der Waals surface area contributed by atoms with E-state index in [1.807, 2.05) is 0 Å². The summed E-state index contributed by atoms with van der Waals surface area (Å²) in [5.74, 6) is 1.69. The fraction of sp³-hybridized carbons (Fsp3) is 0.350. The molecule has 30 heavy (non-hydrogen) atoms. The van der Waals surface area contributed by atoms with Crippen LogP contribution in [0.5, 0.6) is 23.0 Å². The molecule has 2 bridgehead atoms. The van der Waals surface area contributed by atoms with Crippen LogP contribution in [-0.2, 0) is 0 Å². The topological polar surface area (TPSA) is 112 Å². The van der Waals surface area contributed by atoms with Crippen molar-refractivity contribution in [3.63, 3.8) is 0 Å². The standard InChI is InChI=1S/C20H21N3O7/c1-20-10-14(13-7-11(23(25)26)5-6-15(13)30-20)21-19(24)22(20)12-8-16(27-2)18(29-4)17(9-12)28-3/h5-9,14H,10H2,1-4H3,(H,21,24)/t14-,20+/m0/s1. The highest BCUT2D eigenvalue weighted by molar-refractivity contribution is 5.95. The number of amides is 2. The highest BCUT2D eigenvalue weighted by Gasteiger charge is 2.50. The molecule has 2 aromatic rings. The monoisotopic (exact) mass is 415 g/mol. The molecule has 2 atom stereocenters. The predicted octanol–water partition coefficient (Wildman–Crippen LogP) is 3.39. The van der Waals surface area contributed by atoms with E-state index < -0.39 is 22.7 Å². The van der Waals surface area contributed by atoms with E-state index in [-0.39, 0.29) is 5.69 Å². The molecule has 0 unspecified atom stereocenters. The van der Waals surface area contributed by atoms with Crippen molar-refractivity contribution >= 4 is 17.4 Å². The Morgan fingerprint density at radius 1 is 1.17 bits per heavy atom. The number of benzene rings is 2. The molecular weight excluding hydrogens is 394 g/mol. The summed E-state index contributed by atoms with van der Waals surface area (Å²) < 4.78 is 22.4. The molecule has 1 fully saturated rings. The zero-order chi connectivity index (χ0) is 21.6. The van der Waals surface area contributed by atoms with Gasteiger partial charge in [0.1, 0.15) is 5.75 Å². The van der Waals surface area contributed by atoms with Crippen molar-refractivity contribution in [2.24, 2.45) is 0 Å². The Labute approximate surface area is 172 Å². The van der Waals surface area contributed by atoms with Gasteiger partial charge in [0.2, 0.25) is 5.75 Å². The number of urea groups is 1. The van der Waals surface area contributed by atoms with Crippen molar-refractivity contribution in [1.29, 1.82) is 0 Å². The fourth-order valence-corrected chi connectivity index (χ4v) is 4.06.